The summed E-state index contributed by atoms with van der Waals surface area (Å²) in [5.41, 5.74) is 1.93. The zero-order valence-electron chi connectivity index (χ0n) is 16.9. The Balaban J connectivity index is 1.55. The molecule has 0 radical (unpaired) electrons. The van der Waals surface area contributed by atoms with Gasteiger partial charge in [-0.25, -0.2) is 4.79 Å². The van der Waals surface area contributed by atoms with Gasteiger partial charge in [-0.2, -0.15) is 0 Å². The maximum absolute atomic E-state index is 13.5. The van der Waals surface area contributed by atoms with Crippen LogP contribution in [0.1, 0.15) is 11.1 Å². The third kappa shape index (κ3) is 2.73. The minimum absolute atomic E-state index is 0.297. The van der Waals surface area contributed by atoms with Gasteiger partial charge < -0.3 is 4.90 Å². The Morgan fingerprint density at radius 3 is 2.53 bits per heavy atom. The molecule has 2 aromatic rings. The summed E-state index contributed by atoms with van der Waals surface area (Å²) in [6.07, 6.45) is 0.297. The van der Waals surface area contributed by atoms with Crippen LogP contribution in [0, 0.1) is 5.41 Å². The normalized spacial score (nSPS) is 26.4. The van der Waals surface area contributed by atoms with Gasteiger partial charge in [0.25, 0.3) is 0 Å². The van der Waals surface area contributed by atoms with Crippen molar-refractivity contribution in [2.75, 3.05) is 31.6 Å². The minimum Gasteiger partial charge on any atom is -0.364 e. The Bertz CT molecular complexity index is 1020. The fraction of sp³-hybridized carbons (Fsp3) is 0.348. The number of anilines is 1. The summed E-state index contributed by atoms with van der Waals surface area (Å²) < 4.78 is 0. The van der Waals surface area contributed by atoms with Gasteiger partial charge in [0.05, 0.1) is 6.04 Å². The molecule has 0 saturated carbocycles. The van der Waals surface area contributed by atoms with Gasteiger partial charge in [0, 0.05) is 38.9 Å². The fourth-order valence-electron chi connectivity index (χ4n) is 5.12. The molecular formula is C23H24N4O3. The second-order valence-corrected chi connectivity index (χ2v) is 8.33. The van der Waals surface area contributed by atoms with Crippen LogP contribution in [0.2, 0.25) is 0 Å². The van der Waals surface area contributed by atoms with E-state index in [1.807, 2.05) is 36.4 Å². The second-order valence-electron chi connectivity index (χ2n) is 8.33. The Labute approximate surface area is 175 Å². The lowest BCUT2D eigenvalue weighted by atomic mass is 9.67. The molecule has 2 saturated heterocycles. The van der Waals surface area contributed by atoms with Gasteiger partial charge in [-0.3, -0.25) is 24.7 Å². The predicted molar refractivity (Wildman–Crippen MR) is 112 cm³/mol. The van der Waals surface area contributed by atoms with Gasteiger partial charge >= 0.3 is 6.03 Å². The van der Waals surface area contributed by atoms with E-state index in [0.717, 1.165) is 29.2 Å². The minimum atomic E-state index is -1.31. The Morgan fingerprint density at radius 1 is 1.00 bits per heavy atom. The molecule has 1 spiro atoms. The van der Waals surface area contributed by atoms with Crippen molar-refractivity contribution in [3.05, 3.63) is 65.7 Å². The van der Waals surface area contributed by atoms with Gasteiger partial charge in [-0.15, -0.1) is 0 Å². The molecule has 1 N–H and O–H groups in total. The Hall–Kier alpha value is -3.19. The van der Waals surface area contributed by atoms with Crippen LogP contribution >= 0.6 is 0 Å². The summed E-state index contributed by atoms with van der Waals surface area (Å²) >= 11 is 0. The van der Waals surface area contributed by atoms with Crippen LogP contribution in [0.5, 0.6) is 0 Å². The summed E-state index contributed by atoms with van der Waals surface area (Å²) in [5.74, 6) is -0.899. The van der Waals surface area contributed by atoms with Crippen LogP contribution < -0.4 is 10.2 Å². The number of piperazine rings is 1. The molecule has 3 heterocycles. The predicted octanol–water partition coefficient (Wildman–Crippen LogP) is 1.63. The molecule has 5 rings (SSSR count). The lowest BCUT2D eigenvalue weighted by molar-refractivity contribution is -0.153. The summed E-state index contributed by atoms with van der Waals surface area (Å²) in [6, 6.07) is 17.2. The molecular weight excluding hydrogens is 380 g/mol. The molecule has 3 aliphatic rings. The van der Waals surface area contributed by atoms with E-state index < -0.39 is 23.3 Å². The standard InChI is InChI=1S/C23H24N4O3/c1-25-21(29)23(20(28)24-22(25)30)13-17-9-5-6-10-18(17)27-12-11-26(15-19(23)27)14-16-7-3-2-4-8-16/h2-10,19H,11-15H2,1H3,(H,24,28,30)/t19-,23+/m0/s1. The molecule has 4 amide bonds. The number of para-hydroxylation sites is 1. The van der Waals surface area contributed by atoms with Crippen molar-refractivity contribution >= 4 is 23.5 Å². The summed E-state index contributed by atoms with van der Waals surface area (Å²) in [5, 5.41) is 2.43. The lowest BCUT2D eigenvalue weighted by Gasteiger charge is -2.55. The van der Waals surface area contributed by atoms with Crippen LogP contribution in [-0.2, 0) is 22.6 Å². The monoisotopic (exact) mass is 404 g/mol. The highest BCUT2D eigenvalue weighted by molar-refractivity contribution is 6.20. The smallest absolute Gasteiger partial charge is 0.330 e. The van der Waals surface area contributed by atoms with Crippen molar-refractivity contribution in [1.29, 1.82) is 0 Å². The van der Waals surface area contributed by atoms with E-state index in [9.17, 15) is 14.4 Å². The van der Waals surface area contributed by atoms with Crippen LogP contribution in [-0.4, -0.2) is 60.4 Å². The zero-order valence-corrected chi connectivity index (χ0v) is 16.9. The van der Waals surface area contributed by atoms with Gasteiger partial charge in [-0.1, -0.05) is 48.5 Å². The summed E-state index contributed by atoms with van der Waals surface area (Å²) in [4.78, 5) is 44.3. The molecule has 0 unspecified atom stereocenters. The van der Waals surface area contributed by atoms with E-state index in [1.165, 1.54) is 12.6 Å². The van der Waals surface area contributed by atoms with Crippen molar-refractivity contribution in [3.8, 4) is 0 Å². The first-order valence-corrected chi connectivity index (χ1v) is 10.2. The number of fused-ring (bicyclic) bond motifs is 4. The number of carbonyl (C=O) groups is 3. The molecule has 2 fully saturated rings. The van der Waals surface area contributed by atoms with Gasteiger partial charge in [0.15, 0.2) is 5.41 Å². The topological polar surface area (TPSA) is 73.0 Å². The number of urea groups is 1. The van der Waals surface area contributed by atoms with Crippen molar-refractivity contribution in [1.82, 2.24) is 15.1 Å². The second kappa shape index (κ2) is 6.95. The largest absolute Gasteiger partial charge is 0.364 e. The maximum atomic E-state index is 13.5. The first kappa shape index (κ1) is 18.8. The number of nitrogens with zero attached hydrogens (tertiary/aromatic N) is 3. The van der Waals surface area contributed by atoms with Gasteiger partial charge in [0.2, 0.25) is 11.8 Å². The number of rotatable bonds is 2. The number of hydrogen-bond donors (Lipinski definition) is 1. The van der Waals surface area contributed by atoms with E-state index in [4.69, 9.17) is 0 Å². The van der Waals surface area contributed by atoms with Crippen molar-refractivity contribution < 1.29 is 14.4 Å². The first-order valence-electron chi connectivity index (χ1n) is 10.2. The molecule has 0 bridgehead atoms. The number of carbonyl (C=O) groups excluding carboxylic acids is 3. The molecule has 154 valence electrons. The first-order chi connectivity index (χ1) is 14.5. The number of hydrogen-bond acceptors (Lipinski definition) is 5. The molecule has 0 aromatic heterocycles. The highest BCUT2D eigenvalue weighted by atomic mass is 16.2. The summed E-state index contributed by atoms with van der Waals surface area (Å²) in [7, 11) is 1.45. The molecule has 30 heavy (non-hydrogen) atoms. The van der Waals surface area contributed by atoms with Gasteiger partial charge in [0.1, 0.15) is 0 Å². The molecule has 7 nitrogen and oxygen atoms in total. The number of imide groups is 2. The number of nitrogens with one attached hydrogen (secondary N) is 1. The van der Waals surface area contributed by atoms with Crippen molar-refractivity contribution in [2.45, 2.75) is 19.0 Å². The molecule has 2 aromatic carbocycles. The molecule has 7 heteroatoms. The third-order valence-corrected chi connectivity index (χ3v) is 6.67. The average Bonchev–Trinajstić information content (AvgIpc) is 2.77. The highest BCUT2D eigenvalue weighted by Gasteiger charge is 2.62. The van der Waals surface area contributed by atoms with Gasteiger partial charge in [-0.05, 0) is 23.6 Å². The molecule has 0 aliphatic carbocycles. The average molecular weight is 404 g/mol. The van der Waals surface area contributed by atoms with E-state index >= 15 is 0 Å². The SMILES string of the molecule is CN1C(=O)NC(=O)[C@]2(Cc3ccccc3N3CCN(Cc4ccccc4)C[C@H]32)C1=O. The van der Waals surface area contributed by atoms with E-state index in [-0.39, 0.29) is 6.04 Å². The van der Waals surface area contributed by atoms with Crippen molar-refractivity contribution in [3.63, 3.8) is 0 Å². The Kier molecular flexibility index (Phi) is 4.36. The molecule has 3 aliphatic heterocycles. The fourth-order valence-corrected chi connectivity index (χ4v) is 5.12. The number of benzene rings is 2. The molecule has 2 atom stereocenters. The number of amides is 4. The van der Waals surface area contributed by atoms with Crippen molar-refractivity contribution in [2.24, 2.45) is 5.41 Å². The maximum Gasteiger partial charge on any atom is 0.330 e. The quantitative estimate of drug-likeness (QED) is 0.771. The van der Waals surface area contributed by atoms with E-state index in [0.29, 0.717) is 19.5 Å². The highest BCUT2D eigenvalue weighted by Crippen LogP contribution is 2.45. The third-order valence-electron chi connectivity index (χ3n) is 6.67. The van der Waals surface area contributed by atoms with E-state index in [2.05, 4.69) is 33.3 Å². The van der Waals surface area contributed by atoms with Crippen LogP contribution in [0.3, 0.4) is 0 Å². The van der Waals surface area contributed by atoms with Crippen LogP contribution in [0.4, 0.5) is 10.5 Å². The Morgan fingerprint density at radius 2 is 1.73 bits per heavy atom. The summed E-state index contributed by atoms with van der Waals surface area (Å²) in [6.45, 7) is 2.88. The lowest BCUT2D eigenvalue weighted by Crippen LogP contribution is -2.74. The zero-order chi connectivity index (χ0) is 20.9. The van der Waals surface area contributed by atoms with Crippen LogP contribution in [0.25, 0.3) is 0 Å². The van der Waals surface area contributed by atoms with E-state index in [1.54, 1.807) is 0 Å². The number of barbiturate groups is 1. The van der Waals surface area contributed by atoms with Crippen LogP contribution in [0.15, 0.2) is 54.6 Å².